The normalized spacial score (nSPS) is 19.8. The number of aliphatic carboxylic acids is 1. The minimum Gasteiger partial charge on any atom is -0.480 e. The van der Waals surface area contributed by atoms with Crippen LogP contribution in [0.2, 0.25) is 0 Å². The molecule has 84 valence electrons. The third kappa shape index (κ3) is 1.86. The van der Waals surface area contributed by atoms with Crippen LogP contribution in [0.1, 0.15) is 23.3 Å². The predicted octanol–water partition coefficient (Wildman–Crippen LogP) is 0.166. The quantitative estimate of drug-likeness (QED) is 0.769. The Bertz CT molecular complexity index is 407. The van der Waals surface area contributed by atoms with Gasteiger partial charge in [-0.15, -0.1) is 0 Å². The molecule has 2 heterocycles. The smallest absolute Gasteiger partial charge is 0.326 e. The monoisotopic (exact) mass is 221 g/mol. The summed E-state index contributed by atoms with van der Waals surface area (Å²) in [6.45, 7) is 0.472. The highest BCUT2D eigenvalue weighted by molar-refractivity contribution is 5.95. The van der Waals surface area contributed by atoms with Crippen molar-refractivity contribution >= 4 is 11.9 Å². The predicted molar refractivity (Wildman–Crippen MR) is 53.7 cm³/mol. The van der Waals surface area contributed by atoms with Gasteiger partial charge in [0, 0.05) is 12.7 Å². The molecule has 1 aromatic rings. The van der Waals surface area contributed by atoms with Gasteiger partial charge in [-0.1, -0.05) is 0 Å². The molecule has 1 aliphatic heterocycles. The molecule has 2 rings (SSSR count). The van der Waals surface area contributed by atoms with Gasteiger partial charge in [-0.05, 0) is 18.9 Å². The van der Waals surface area contributed by atoms with E-state index in [-0.39, 0.29) is 11.6 Å². The van der Waals surface area contributed by atoms with Gasteiger partial charge in [0.2, 0.25) is 0 Å². The maximum absolute atomic E-state index is 11.9. The molecule has 1 saturated heterocycles. The SMILES string of the molecule is O=C(O)[C@@H]1CCCN1C(=O)c1ccncn1. The van der Waals surface area contributed by atoms with Crippen molar-refractivity contribution in [3.63, 3.8) is 0 Å². The molecule has 0 unspecified atom stereocenters. The molecule has 0 spiro atoms. The number of hydrogen-bond acceptors (Lipinski definition) is 4. The largest absolute Gasteiger partial charge is 0.480 e. The molecule has 1 amide bonds. The van der Waals surface area contributed by atoms with Gasteiger partial charge in [0.15, 0.2) is 0 Å². The minimum atomic E-state index is -0.958. The maximum atomic E-state index is 11.9. The standard InChI is InChI=1S/C10H11N3O3/c14-9(7-3-4-11-6-12-7)13-5-1-2-8(13)10(15)16/h3-4,6,8H,1-2,5H2,(H,15,16)/t8-/m0/s1. The lowest BCUT2D eigenvalue weighted by Gasteiger charge is -2.20. The number of hydrogen-bond donors (Lipinski definition) is 1. The van der Waals surface area contributed by atoms with Gasteiger partial charge in [0.05, 0.1) is 0 Å². The molecule has 1 aromatic heterocycles. The van der Waals surface area contributed by atoms with E-state index in [1.807, 2.05) is 0 Å². The molecular formula is C10H11N3O3. The number of amides is 1. The number of likely N-dealkylation sites (tertiary alicyclic amines) is 1. The van der Waals surface area contributed by atoms with Crippen LogP contribution in [0.25, 0.3) is 0 Å². The second kappa shape index (κ2) is 4.26. The Hall–Kier alpha value is -1.98. The van der Waals surface area contributed by atoms with Crippen LogP contribution in [-0.2, 0) is 4.79 Å². The zero-order valence-electron chi connectivity index (χ0n) is 8.54. The lowest BCUT2D eigenvalue weighted by atomic mass is 10.2. The second-order valence-electron chi connectivity index (χ2n) is 3.59. The highest BCUT2D eigenvalue weighted by atomic mass is 16.4. The van der Waals surface area contributed by atoms with Crippen molar-refractivity contribution in [2.75, 3.05) is 6.54 Å². The topological polar surface area (TPSA) is 83.4 Å². The Kier molecular flexibility index (Phi) is 2.80. The van der Waals surface area contributed by atoms with Crippen molar-refractivity contribution in [3.8, 4) is 0 Å². The fourth-order valence-corrected chi connectivity index (χ4v) is 1.83. The Morgan fingerprint density at radius 1 is 1.50 bits per heavy atom. The Morgan fingerprint density at radius 2 is 2.31 bits per heavy atom. The zero-order valence-corrected chi connectivity index (χ0v) is 8.54. The van der Waals surface area contributed by atoms with E-state index in [9.17, 15) is 9.59 Å². The number of aromatic nitrogens is 2. The first kappa shape index (κ1) is 10.5. The van der Waals surface area contributed by atoms with Crippen molar-refractivity contribution in [1.82, 2.24) is 14.9 Å². The fraction of sp³-hybridized carbons (Fsp3) is 0.400. The number of carbonyl (C=O) groups excluding carboxylic acids is 1. The third-order valence-electron chi connectivity index (χ3n) is 2.60. The molecule has 0 saturated carbocycles. The summed E-state index contributed by atoms with van der Waals surface area (Å²) in [5.74, 6) is -1.30. The molecule has 1 N–H and O–H groups in total. The maximum Gasteiger partial charge on any atom is 0.326 e. The lowest BCUT2D eigenvalue weighted by Crippen LogP contribution is -2.40. The molecule has 6 heteroatoms. The molecule has 16 heavy (non-hydrogen) atoms. The summed E-state index contributed by atoms with van der Waals surface area (Å²) >= 11 is 0. The molecule has 1 atom stereocenters. The first-order valence-corrected chi connectivity index (χ1v) is 5.00. The van der Waals surface area contributed by atoms with Crippen LogP contribution in [0.5, 0.6) is 0 Å². The number of nitrogens with zero attached hydrogens (tertiary/aromatic N) is 3. The van der Waals surface area contributed by atoms with Crippen LogP contribution in [0.3, 0.4) is 0 Å². The van der Waals surface area contributed by atoms with Crippen molar-refractivity contribution in [2.24, 2.45) is 0 Å². The van der Waals surface area contributed by atoms with Gasteiger partial charge in [-0.2, -0.15) is 0 Å². The molecule has 1 aliphatic rings. The van der Waals surface area contributed by atoms with Crippen LogP contribution >= 0.6 is 0 Å². The van der Waals surface area contributed by atoms with E-state index in [1.54, 1.807) is 0 Å². The van der Waals surface area contributed by atoms with Crippen molar-refractivity contribution in [3.05, 3.63) is 24.3 Å². The van der Waals surface area contributed by atoms with Gasteiger partial charge in [0.1, 0.15) is 18.1 Å². The molecule has 0 radical (unpaired) electrons. The molecule has 0 bridgehead atoms. The van der Waals surface area contributed by atoms with E-state index in [0.29, 0.717) is 19.4 Å². The molecular weight excluding hydrogens is 210 g/mol. The third-order valence-corrected chi connectivity index (χ3v) is 2.60. The van der Waals surface area contributed by atoms with Gasteiger partial charge in [-0.3, -0.25) is 4.79 Å². The highest BCUT2D eigenvalue weighted by Gasteiger charge is 2.34. The number of carboxylic acid groups (broad SMARTS) is 1. The molecule has 0 aliphatic carbocycles. The van der Waals surface area contributed by atoms with Crippen LogP contribution < -0.4 is 0 Å². The number of rotatable bonds is 2. The summed E-state index contributed by atoms with van der Waals surface area (Å²) in [6.07, 6.45) is 3.96. The fourth-order valence-electron chi connectivity index (χ4n) is 1.83. The van der Waals surface area contributed by atoms with Gasteiger partial charge < -0.3 is 10.0 Å². The van der Waals surface area contributed by atoms with E-state index in [4.69, 9.17) is 5.11 Å². The van der Waals surface area contributed by atoms with Crippen LogP contribution in [0.15, 0.2) is 18.6 Å². The van der Waals surface area contributed by atoms with E-state index >= 15 is 0 Å². The summed E-state index contributed by atoms with van der Waals surface area (Å²) in [7, 11) is 0. The van der Waals surface area contributed by atoms with E-state index in [0.717, 1.165) is 0 Å². The number of carbonyl (C=O) groups is 2. The number of carboxylic acids is 1. The van der Waals surface area contributed by atoms with Crippen LogP contribution in [-0.4, -0.2) is 44.4 Å². The summed E-state index contributed by atoms with van der Waals surface area (Å²) in [4.78, 5) is 31.7. The first-order chi connectivity index (χ1) is 7.70. The highest BCUT2D eigenvalue weighted by Crippen LogP contribution is 2.19. The zero-order chi connectivity index (χ0) is 11.5. The molecule has 0 aromatic carbocycles. The van der Waals surface area contributed by atoms with Crippen LogP contribution in [0.4, 0.5) is 0 Å². The van der Waals surface area contributed by atoms with Gasteiger partial charge in [0.25, 0.3) is 5.91 Å². The molecule has 1 fully saturated rings. The second-order valence-corrected chi connectivity index (χ2v) is 3.59. The van der Waals surface area contributed by atoms with Crippen LogP contribution in [0, 0.1) is 0 Å². The van der Waals surface area contributed by atoms with Gasteiger partial charge in [-0.25, -0.2) is 14.8 Å². The first-order valence-electron chi connectivity index (χ1n) is 5.00. The summed E-state index contributed by atoms with van der Waals surface area (Å²) in [5, 5.41) is 8.95. The summed E-state index contributed by atoms with van der Waals surface area (Å²) in [6, 6.07) is 0.766. The minimum absolute atomic E-state index is 0.239. The molecule has 6 nitrogen and oxygen atoms in total. The Labute approximate surface area is 91.9 Å². The van der Waals surface area contributed by atoms with Crippen molar-refractivity contribution in [2.45, 2.75) is 18.9 Å². The average Bonchev–Trinajstić information content (AvgIpc) is 2.78. The Balaban J connectivity index is 2.19. The summed E-state index contributed by atoms with van der Waals surface area (Å²) in [5.41, 5.74) is 0.239. The average molecular weight is 221 g/mol. The lowest BCUT2D eigenvalue weighted by molar-refractivity contribution is -0.141. The van der Waals surface area contributed by atoms with Crippen molar-refractivity contribution < 1.29 is 14.7 Å². The van der Waals surface area contributed by atoms with Gasteiger partial charge >= 0.3 is 5.97 Å². The van der Waals surface area contributed by atoms with E-state index in [2.05, 4.69) is 9.97 Å². The van der Waals surface area contributed by atoms with Crippen molar-refractivity contribution in [1.29, 1.82) is 0 Å². The Morgan fingerprint density at radius 3 is 2.94 bits per heavy atom. The van der Waals surface area contributed by atoms with E-state index < -0.39 is 12.0 Å². The summed E-state index contributed by atoms with van der Waals surface area (Å²) < 4.78 is 0. The van der Waals surface area contributed by atoms with E-state index in [1.165, 1.54) is 23.5 Å².